The Balaban J connectivity index is 2.64. The summed E-state index contributed by atoms with van der Waals surface area (Å²) in [6, 6.07) is 6.31. The molecule has 0 aliphatic heterocycles. The lowest BCUT2D eigenvalue weighted by atomic mass is 9.95. The summed E-state index contributed by atoms with van der Waals surface area (Å²) < 4.78 is 5.03. The fraction of sp³-hybridized carbons (Fsp3) is 0.625. The van der Waals surface area contributed by atoms with Crippen molar-refractivity contribution >= 4 is 0 Å². The minimum absolute atomic E-state index is 0.0956. The van der Waals surface area contributed by atoms with E-state index in [0.29, 0.717) is 0 Å². The van der Waals surface area contributed by atoms with E-state index in [0.717, 1.165) is 37.1 Å². The van der Waals surface area contributed by atoms with Crippen LogP contribution in [-0.4, -0.2) is 31.4 Å². The molecule has 0 amide bonds. The van der Waals surface area contributed by atoms with E-state index in [4.69, 9.17) is 4.74 Å². The number of hydrogen-bond donors (Lipinski definition) is 2. The van der Waals surface area contributed by atoms with Crippen LogP contribution < -0.4 is 5.32 Å². The van der Waals surface area contributed by atoms with Crippen LogP contribution in [0, 0.1) is 13.8 Å². The number of nitrogens with one attached hydrogen (secondary N) is 1. The molecule has 0 heterocycles. The monoisotopic (exact) mass is 265 g/mol. The van der Waals surface area contributed by atoms with Crippen molar-refractivity contribution in [3.05, 3.63) is 34.9 Å². The first kappa shape index (κ1) is 16.2. The van der Waals surface area contributed by atoms with Crippen LogP contribution in [0.3, 0.4) is 0 Å². The van der Waals surface area contributed by atoms with Crippen molar-refractivity contribution in [3.63, 3.8) is 0 Å². The average molecular weight is 265 g/mol. The Morgan fingerprint density at radius 3 is 2.63 bits per heavy atom. The Morgan fingerprint density at radius 2 is 2.05 bits per heavy atom. The van der Waals surface area contributed by atoms with Gasteiger partial charge in [-0.1, -0.05) is 30.7 Å². The quantitative estimate of drug-likeness (QED) is 0.710. The summed E-state index contributed by atoms with van der Waals surface area (Å²) >= 11 is 0. The zero-order valence-electron chi connectivity index (χ0n) is 12.6. The van der Waals surface area contributed by atoms with Gasteiger partial charge in [0, 0.05) is 19.8 Å². The largest absolute Gasteiger partial charge is 0.387 e. The standard InChI is InChI=1S/C16H27NO2/c1-5-15(17-9-6-10-19-4)16(18)14-8-7-12(2)11-13(14)3/h7-8,11,15-18H,5-6,9-10H2,1-4H3. The van der Waals surface area contributed by atoms with Crippen LogP contribution in [0.25, 0.3) is 0 Å². The van der Waals surface area contributed by atoms with Crippen LogP contribution in [-0.2, 0) is 4.74 Å². The number of methoxy groups -OCH3 is 1. The maximum absolute atomic E-state index is 10.5. The summed E-state index contributed by atoms with van der Waals surface area (Å²) in [7, 11) is 1.71. The van der Waals surface area contributed by atoms with Crippen LogP contribution in [0.15, 0.2) is 18.2 Å². The van der Waals surface area contributed by atoms with E-state index in [1.807, 2.05) is 6.07 Å². The van der Waals surface area contributed by atoms with Gasteiger partial charge in [-0.05, 0) is 44.4 Å². The maximum Gasteiger partial charge on any atom is 0.0945 e. The normalized spacial score (nSPS) is 14.4. The van der Waals surface area contributed by atoms with Crippen molar-refractivity contribution in [3.8, 4) is 0 Å². The second-order valence-electron chi connectivity index (χ2n) is 5.12. The minimum atomic E-state index is -0.451. The van der Waals surface area contributed by atoms with Gasteiger partial charge >= 0.3 is 0 Å². The Bertz CT molecular complexity index is 379. The molecule has 0 saturated carbocycles. The predicted octanol–water partition coefficient (Wildman–Crippen LogP) is 2.74. The van der Waals surface area contributed by atoms with Gasteiger partial charge in [-0.15, -0.1) is 0 Å². The highest BCUT2D eigenvalue weighted by Gasteiger charge is 2.20. The van der Waals surface area contributed by atoms with Crippen molar-refractivity contribution in [2.24, 2.45) is 0 Å². The predicted molar refractivity (Wildman–Crippen MR) is 79.5 cm³/mol. The van der Waals surface area contributed by atoms with Crippen molar-refractivity contribution in [1.82, 2.24) is 5.32 Å². The molecular formula is C16H27NO2. The summed E-state index contributed by atoms with van der Waals surface area (Å²) in [6.45, 7) is 7.85. The molecule has 0 radical (unpaired) electrons. The molecule has 1 aromatic carbocycles. The van der Waals surface area contributed by atoms with Crippen molar-refractivity contribution in [2.75, 3.05) is 20.3 Å². The Labute approximate surface area is 117 Å². The molecular weight excluding hydrogens is 238 g/mol. The van der Waals surface area contributed by atoms with Crippen LogP contribution >= 0.6 is 0 Å². The van der Waals surface area contributed by atoms with Gasteiger partial charge in [0.15, 0.2) is 0 Å². The Hall–Kier alpha value is -0.900. The molecule has 0 saturated heterocycles. The molecule has 2 atom stereocenters. The molecule has 1 rings (SSSR count). The summed E-state index contributed by atoms with van der Waals surface area (Å²) in [5.74, 6) is 0. The van der Waals surface area contributed by atoms with Crippen molar-refractivity contribution < 1.29 is 9.84 Å². The number of aryl methyl sites for hydroxylation is 2. The molecule has 1 aromatic rings. The highest BCUT2D eigenvalue weighted by Crippen LogP contribution is 2.23. The third kappa shape index (κ3) is 4.94. The molecule has 3 nitrogen and oxygen atoms in total. The van der Waals surface area contributed by atoms with Crippen molar-refractivity contribution in [2.45, 2.75) is 45.8 Å². The van der Waals surface area contributed by atoms with Gasteiger partial charge in [0.05, 0.1) is 6.10 Å². The molecule has 0 spiro atoms. The van der Waals surface area contributed by atoms with Gasteiger partial charge in [-0.3, -0.25) is 0 Å². The van der Waals surface area contributed by atoms with E-state index in [-0.39, 0.29) is 6.04 Å². The molecule has 0 aromatic heterocycles. The van der Waals surface area contributed by atoms with Crippen molar-refractivity contribution in [1.29, 1.82) is 0 Å². The van der Waals surface area contributed by atoms with E-state index < -0.39 is 6.10 Å². The lowest BCUT2D eigenvalue weighted by Crippen LogP contribution is -2.35. The second kappa shape index (κ2) is 8.31. The molecule has 0 aliphatic rings. The van der Waals surface area contributed by atoms with Gasteiger partial charge in [-0.2, -0.15) is 0 Å². The molecule has 2 unspecified atom stereocenters. The molecule has 19 heavy (non-hydrogen) atoms. The Kier molecular flexibility index (Phi) is 7.06. The van der Waals surface area contributed by atoms with Crippen LogP contribution in [0.5, 0.6) is 0 Å². The van der Waals surface area contributed by atoms with E-state index in [1.165, 1.54) is 5.56 Å². The lowest BCUT2D eigenvalue weighted by molar-refractivity contribution is 0.122. The second-order valence-corrected chi connectivity index (χ2v) is 5.12. The van der Waals surface area contributed by atoms with Gasteiger partial charge in [0.2, 0.25) is 0 Å². The van der Waals surface area contributed by atoms with E-state index in [1.54, 1.807) is 7.11 Å². The first-order valence-electron chi connectivity index (χ1n) is 7.07. The Morgan fingerprint density at radius 1 is 1.32 bits per heavy atom. The van der Waals surface area contributed by atoms with Gasteiger partial charge in [-0.25, -0.2) is 0 Å². The fourth-order valence-electron chi connectivity index (χ4n) is 2.36. The number of ether oxygens (including phenoxy) is 1. The number of aliphatic hydroxyl groups excluding tert-OH is 1. The molecule has 3 heteroatoms. The number of rotatable bonds is 8. The minimum Gasteiger partial charge on any atom is -0.387 e. The number of hydrogen-bond acceptors (Lipinski definition) is 3. The van der Waals surface area contributed by atoms with Crippen LogP contribution in [0.4, 0.5) is 0 Å². The number of benzene rings is 1. The molecule has 0 aliphatic carbocycles. The SMILES string of the molecule is CCC(NCCCOC)C(O)c1ccc(C)cc1C. The highest BCUT2D eigenvalue weighted by molar-refractivity contribution is 5.32. The zero-order valence-corrected chi connectivity index (χ0v) is 12.6. The molecule has 2 N–H and O–H groups in total. The van der Waals surface area contributed by atoms with Crippen LogP contribution in [0.1, 0.15) is 42.6 Å². The summed E-state index contributed by atoms with van der Waals surface area (Å²) in [4.78, 5) is 0. The van der Waals surface area contributed by atoms with E-state index >= 15 is 0 Å². The highest BCUT2D eigenvalue weighted by atomic mass is 16.5. The molecule has 108 valence electrons. The van der Waals surface area contributed by atoms with Crippen LogP contribution in [0.2, 0.25) is 0 Å². The fourth-order valence-corrected chi connectivity index (χ4v) is 2.36. The number of aliphatic hydroxyl groups is 1. The maximum atomic E-state index is 10.5. The molecule has 0 fully saturated rings. The first-order valence-corrected chi connectivity index (χ1v) is 7.07. The van der Waals surface area contributed by atoms with E-state index in [9.17, 15) is 5.11 Å². The first-order chi connectivity index (χ1) is 9.10. The van der Waals surface area contributed by atoms with Gasteiger partial charge in [0.1, 0.15) is 0 Å². The van der Waals surface area contributed by atoms with Gasteiger partial charge in [0.25, 0.3) is 0 Å². The lowest BCUT2D eigenvalue weighted by Gasteiger charge is -2.25. The third-order valence-corrected chi connectivity index (χ3v) is 3.50. The topological polar surface area (TPSA) is 41.5 Å². The molecule has 0 bridgehead atoms. The summed E-state index contributed by atoms with van der Waals surface area (Å²) in [5, 5.41) is 13.9. The van der Waals surface area contributed by atoms with Gasteiger partial charge < -0.3 is 15.2 Å². The smallest absolute Gasteiger partial charge is 0.0945 e. The summed E-state index contributed by atoms with van der Waals surface area (Å²) in [5.41, 5.74) is 3.41. The third-order valence-electron chi connectivity index (χ3n) is 3.50. The average Bonchev–Trinajstić information content (AvgIpc) is 2.38. The van der Waals surface area contributed by atoms with E-state index in [2.05, 4.69) is 38.2 Å². The zero-order chi connectivity index (χ0) is 14.3. The summed E-state index contributed by atoms with van der Waals surface area (Å²) in [6.07, 6.45) is 1.42.